The highest BCUT2D eigenvalue weighted by molar-refractivity contribution is 6.31. The summed E-state index contributed by atoms with van der Waals surface area (Å²) >= 11 is 5.95. The van der Waals surface area contributed by atoms with Crippen molar-refractivity contribution < 1.29 is 14.3 Å². The van der Waals surface area contributed by atoms with Gasteiger partial charge in [0.25, 0.3) is 0 Å². The molecule has 1 aliphatic rings. The Morgan fingerprint density at radius 1 is 1.64 bits per heavy atom. The van der Waals surface area contributed by atoms with Gasteiger partial charge < -0.3 is 9.52 Å². The van der Waals surface area contributed by atoms with Crippen molar-refractivity contribution in [2.45, 2.75) is 31.6 Å². The van der Waals surface area contributed by atoms with Gasteiger partial charge in [0.2, 0.25) is 0 Å². The van der Waals surface area contributed by atoms with Crippen molar-refractivity contribution in [1.29, 1.82) is 0 Å². The van der Waals surface area contributed by atoms with E-state index in [0.717, 1.165) is 18.6 Å². The van der Waals surface area contributed by atoms with Crippen LogP contribution in [-0.4, -0.2) is 11.1 Å². The number of aliphatic carboxylic acids is 1. The summed E-state index contributed by atoms with van der Waals surface area (Å²) in [6.45, 7) is 0. The van der Waals surface area contributed by atoms with Crippen molar-refractivity contribution in [2.75, 3.05) is 0 Å². The molecule has 76 valence electrons. The maximum atomic E-state index is 10.4. The van der Waals surface area contributed by atoms with Crippen molar-refractivity contribution in [3.63, 3.8) is 0 Å². The molecule has 1 saturated carbocycles. The number of carbonyl (C=O) groups is 1. The van der Waals surface area contributed by atoms with Crippen LogP contribution in [0.4, 0.5) is 0 Å². The van der Waals surface area contributed by atoms with Crippen molar-refractivity contribution in [1.82, 2.24) is 0 Å². The summed E-state index contributed by atoms with van der Waals surface area (Å²) in [7, 11) is 0. The Morgan fingerprint density at radius 3 is 2.86 bits per heavy atom. The van der Waals surface area contributed by atoms with Crippen molar-refractivity contribution >= 4 is 17.6 Å². The van der Waals surface area contributed by atoms with Crippen LogP contribution in [0.5, 0.6) is 0 Å². The third-order valence-corrected chi connectivity index (χ3v) is 2.86. The summed E-state index contributed by atoms with van der Waals surface area (Å²) < 4.78 is 5.42. The molecule has 0 bridgehead atoms. The van der Waals surface area contributed by atoms with Gasteiger partial charge in [0.1, 0.15) is 17.9 Å². The molecule has 0 amide bonds. The molecule has 0 radical (unpaired) electrons. The van der Waals surface area contributed by atoms with E-state index in [2.05, 4.69) is 0 Å². The van der Waals surface area contributed by atoms with Crippen LogP contribution in [0.3, 0.4) is 0 Å². The molecule has 0 saturated heterocycles. The second-order valence-corrected chi connectivity index (χ2v) is 4.03. The molecule has 1 aromatic rings. The van der Waals surface area contributed by atoms with E-state index in [4.69, 9.17) is 21.1 Å². The third-order valence-electron chi connectivity index (χ3n) is 2.57. The first-order valence-corrected chi connectivity index (χ1v) is 5.04. The van der Waals surface area contributed by atoms with Gasteiger partial charge in [-0.2, -0.15) is 0 Å². The van der Waals surface area contributed by atoms with Gasteiger partial charge in [-0.05, 0) is 18.9 Å². The molecule has 0 atom stereocenters. The zero-order chi connectivity index (χ0) is 10.1. The predicted octanol–water partition coefficient (Wildman–Crippen LogP) is 2.83. The Bertz CT molecular complexity index is 352. The van der Waals surface area contributed by atoms with Gasteiger partial charge in [0.15, 0.2) is 0 Å². The fourth-order valence-corrected chi connectivity index (χ4v) is 1.93. The summed E-state index contributed by atoms with van der Waals surface area (Å²) in [6, 6.07) is 1.61. The van der Waals surface area contributed by atoms with Gasteiger partial charge in [-0.15, -0.1) is 0 Å². The fraction of sp³-hybridized carbons (Fsp3) is 0.500. The molecule has 1 N–H and O–H groups in total. The highest BCUT2D eigenvalue weighted by Gasteiger charge is 2.26. The predicted molar refractivity (Wildman–Crippen MR) is 51.6 cm³/mol. The maximum Gasteiger partial charge on any atom is 0.311 e. The van der Waals surface area contributed by atoms with Crippen LogP contribution in [0.2, 0.25) is 5.02 Å². The molecule has 0 aromatic carbocycles. The van der Waals surface area contributed by atoms with Crippen LogP contribution < -0.4 is 0 Å². The zero-order valence-electron chi connectivity index (χ0n) is 7.62. The SMILES string of the molecule is O=C(O)Cc1cc(Cl)c(C2CCC2)o1. The van der Waals surface area contributed by atoms with E-state index < -0.39 is 5.97 Å². The molecule has 1 aliphatic carbocycles. The molecule has 1 fully saturated rings. The second kappa shape index (κ2) is 3.65. The van der Waals surface area contributed by atoms with Gasteiger partial charge in [-0.3, -0.25) is 4.79 Å². The lowest BCUT2D eigenvalue weighted by Crippen LogP contribution is -2.07. The molecule has 4 heteroatoms. The van der Waals surface area contributed by atoms with E-state index in [0.29, 0.717) is 16.7 Å². The summed E-state index contributed by atoms with van der Waals surface area (Å²) in [5, 5.41) is 9.15. The van der Waals surface area contributed by atoms with Gasteiger partial charge in [0.05, 0.1) is 5.02 Å². The first-order chi connectivity index (χ1) is 6.66. The van der Waals surface area contributed by atoms with Crippen LogP contribution in [0.25, 0.3) is 0 Å². The Morgan fingerprint density at radius 2 is 2.36 bits per heavy atom. The summed E-state index contributed by atoms with van der Waals surface area (Å²) in [5.74, 6) is 0.735. The molecule has 3 nitrogen and oxygen atoms in total. The first-order valence-electron chi connectivity index (χ1n) is 4.66. The van der Waals surface area contributed by atoms with Crippen molar-refractivity contribution in [3.05, 3.63) is 22.6 Å². The smallest absolute Gasteiger partial charge is 0.311 e. The quantitative estimate of drug-likeness (QED) is 0.842. The molecule has 0 unspecified atom stereocenters. The van der Waals surface area contributed by atoms with E-state index in [1.54, 1.807) is 6.07 Å². The van der Waals surface area contributed by atoms with E-state index >= 15 is 0 Å². The van der Waals surface area contributed by atoms with E-state index in [1.165, 1.54) is 6.42 Å². The minimum atomic E-state index is -0.893. The molecule has 1 aromatic heterocycles. The molecule has 0 aliphatic heterocycles. The van der Waals surface area contributed by atoms with Crippen LogP contribution >= 0.6 is 11.6 Å². The Hall–Kier alpha value is -0.960. The number of hydrogen-bond acceptors (Lipinski definition) is 2. The molecular formula is C10H11ClO3. The average molecular weight is 215 g/mol. The normalized spacial score (nSPS) is 16.6. The van der Waals surface area contributed by atoms with Gasteiger partial charge >= 0.3 is 5.97 Å². The highest BCUT2D eigenvalue weighted by Crippen LogP contribution is 2.41. The Labute approximate surface area is 86.7 Å². The largest absolute Gasteiger partial charge is 0.481 e. The van der Waals surface area contributed by atoms with Crippen molar-refractivity contribution in [3.8, 4) is 0 Å². The second-order valence-electron chi connectivity index (χ2n) is 3.62. The summed E-state index contributed by atoms with van der Waals surface area (Å²) in [6.07, 6.45) is 3.31. The topological polar surface area (TPSA) is 50.4 Å². The lowest BCUT2D eigenvalue weighted by atomic mass is 9.84. The molecule has 0 spiro atoms. The number of furan rings is 1. The number of carboxylic acid groups (broad SMARTS) is 1. The molecule has 1 heterocycles. The standard InChI is InChI=1S/C10H11ClO3/c11-8-4-7(5-9(12)13)14-10(8)6-2-1-3-6/h4,6H,1-3,5H2,(H,12,13). The lowest BCUT2D eigenvalue weighted by Gasteiger charge is -2.23. The molecule has 14 heavy (non-hydrogen) atoms. The van der Waals surface area contributed by atoms with E-state index in [1.807, 2.05) is 0 Å². The maximum absolute atomic E-state index is 10.4. The zero-order valence-corrected chi connectivity index (χ0v) is 8.38. The van der Waals surface area contributed by atoms with E-state index in [9.17, 15) is 4.79 Å². The highest BCUT2D eigenvalue weighted by atomic mass is 35.5. The van der Waals surface area contributed by atoms with Crippen LogP contribution in [0.1, 0.15) is 36.7 Å². The lowest BCUT2D eigenvalue weighted by molar-refractivity contribution is -0.136. The van der Waals surface area contributed by atoms with E-state index in [-0.39, 0.29) is 6.42 Å². The van der Waals surface area contributed by atoms with Gasteiger partial charge in [-0.25, -0.2) is 0 Å². The van der Waals surface area contributed by atoms with Crippen LogP contribution in [0, 0.1) is 0 Å². The minimum Gasteiger partial charge on any atom is -0.481 e. The van der Waals surface area contributed by atoms with Crippen molar-refractivity contribution in [2.24, 2.45) is 0 Å². The Balaban J connectivity index is 2.16. The monoisotopic (exact) mass is 214 g/mol. The number of hydrogen-bond donors (Lipinski definition) is 1. The van der Waals surface area contributed by atoms with Gasteiger partial charge in [-0.1, -0.05) is 18.0 Å². The van der Waals surface area contributed by atoms with Gasteiger partial charge in [0, 0.05) is 5.92 Å². The first kappa shape index (κ1) is 9.59. The third kappa shape index (κ3) is 1.77. The Kier molecular flexibility index (Phi) is 2.50. The van der Waals surface area contributed by atoms with Crippen LogP contribution in [-0.2, 0) is 11.2 Å². The average Bonchev–Trinajstić information content (AvgIpc) is 2.27. The van der Waals surface area contributed by atoms with Crippen LogP contribution in [0.15, 0.2) is 10.5 Å². The molecular weight excluding hydrogens is 204 g/mol. The molecule has 2 rings (SSSR count). The number of carboxylic acids is 1. The fourth-order valence-electron chi connectivity index (χ4n) is 1.62. The minimum absolute atomic E-state index is 0.0908. The number of rotatable bonds is 3. The summed E-state index contributed by atoms with van der Waals surface area (Å²) in [4.78, 5) is 10.4. The number of halogens is 1. The summed E-state index contributed by atoms with van der Waals surface area (Å²) in [5.41, 5.74) is 0.